The van der Waals surface area contributed by atoms with Crippen molar-refractivity contribution in [3.8, 4) is 11.3 Å². The molecule has 3 aromatic rings. The fourth-order valence-electron chi connectivity index (χ4n) is 3.21. The lowest BCUT2D eigenvalue weighted by molar-refractivity contribution is -0.140. The zero-order valence-corrected chi connectivity index (χ0v) is 12.8. The minimum Gasteiger partial charge on any atom is -0.481 e. The van der Waals surface area contributed by atoms with Crippen molar-refractivity contribution in [2.45, 2.75) is 6.42 Å². The molecule has 0 spiro atoms. The fraction of sp³-hybridized carbons (Fsp3) is 0.250. The van der Waals surface area contributed by atoms with Crippen LogP contribution in [0.15, 0.2) is 30.7 Å². The Hall–Kier alpha value is -3.16. The van der Waals surface area contributed by atoms with Gasteiger partial charge in [0.25, 0.3) is 0 Å². The number of nitrogen functional groups attached to an aromatic ring is 1. The molecule has 122 valence electrons. The second kappa shape index (κ2) is 5.48. The molecule has 0 amide bonds. The number of anilines is 2. The van der Waals surface area contributed by atoms with Crippen LogP contribution in [0, 0.1) is 5.92 Å². The van der Waals surface area contributed by atoms with Crippen LogP contribution in [0.5, 0.6) is 0 Å². The number of nitrogens with one attached hydrogen (secondary N) is 1. The van der Waals surface area contributed by atoms with Crippen LogP contribution >= 0.6 is 0 Å². The number of rotatable bonds is 3. The van der Waals surface area contributed by atoms with Crippen molar-refractivity contribution in [3.63, 3.8) is 0 Å². The Morgan fingerprint density at radius 2 is 2.17 bits per heavy atom. The lowest BCUT2D eigenvalue weighted by atomic mass is 10.1. The molecule has 1 saturated heterocycles. The molecule has 0 bridgehead atoms. The van der Waals surface area contributed by atoms with E-state index in [9.17, 15) is 9.90 Å². The van der Waals surface area contributed by atoms with Crippen LogP contribution in [-0.4, -0.2) is 44.1 Å². The lowest BCUT2D eigenvalue weighted by Gasteiger charge is -2.19. The topological polar surface area (TPSA) is 121 Å². The van der Waals surface area contributed by atoms with E-state index >= 15 is 0 Å². The molecule has 0 aromatic carbocycles. The summed E-state index contributed by atoms with van der Waals surface area (Å²) in [5.74, 6) is -0.884. The molecule has 8 nitrogen and oxygen atoms in total. The Labute approximate surface area is 137 Å². The molecule has 1 aliphatic heterocycles. The summed E-state index contributed by atoms with van der Waals surface area (Å²) >= 11 is 0. The average Bonchev–Trinajstić information content (AvgIpc) is 3.22. The number of fused-ring (bicyclic) bond motifs is 1. The largest absolute Gasteiger partial charge is 0.481 e. The van der Waals surface area contributed by atoms with Gasteiger partial charge in [0, 0.05) is 37.2 Å². The van der Waals surface area contributed by atoms with E-state index in [0.717, 1.165) is 22.3 Å². The van der Waals surface area contributed by atoms with Gasteiger partial charge in [0.15, 0.2) is 0 Å². The Kier molecular flexibility index (Phi) is 3.30. The van der Waals surface area contributed by atoms with Gasteiger partial charge < -0.3 is 20.7 Å². The number of nitrogens with two attached hydrogens (primary N) is 1. The van der Waals surface area contributed by atoms with E-state index in [1.54, 1.807) is 18.5 Å². The quantitative estimate of drug-likeness (QED) is 0.667. The third-order valence-electron chi connectivity index (χ3n) is 4.38. The minimum atomic E-state index is -0.749. The molecule has 1 aliphatic rings. The molecule has 0 unspecified atom stereocenters. The molecule has 0 aliphatic carbocycles. The van der Waals surface area contributed by atoms with Gasteiger partial charge in [-0.1, -0.05) is 0 Å². The summed E-state index contributed by atoms with van der Waals surface area (Å²) in [7, 11) is 0. The molecule has 1 fully saturated rings. The van der Waals surface area contributed by atoms with Gasteiger partial charge in [-0.25, -0.2) is 15.0 Å². The summed E-state index contributed by atoms with van der Waals surface area (Å²) in [6.45, 7) is 1.19. The first-order valence-electron chi connectivity index (χ1n) is 7.66. The summed E-state index contributed by atoms with van der Waals surface area (Å²) in [4.78, 5) is 29.0. The summed E-state index contributed by atoms with van der Waals surface area (Å²) in [6.07, 6.45) is 5.82. The van der Waals surface area contributed by atoms with Crippen LogP contribution in [0.25, 0.3) is 22.3 Å². The Morgan fingerprint density at radius 3 is 2.92 bits per heavy atom. The number of aromatic amines is 1. The summed E-state index contributed by atoms with van der Waals surface area (Å²) in [6, 6.07) is 3.70. The number of aromatic nitrogens is 4. The van der Waals surface area contributed by atoms with Gasteiger partial charge in [-0.05, 0) is 18.6 Å². The first-order chi connectivity index (χ1) is 11.6. The number of aliphatic carboxylic acids is 1. The number of H-pyrrole nitrogens is 1. The number of carboxylic acid groups (broad SMARTS) is 1. The van der Waals surface area contributed by atoms with Crippen LogP contribution in [-0.2, 0) is 4.79 Å². The molecule has 0 saturated carbocycles. The first-order valence-corrected chi connectivity index (χ1v) is 7.66. The predicted molar refractivity (Wildman–Crippen MR) is 89.5 cm³/mol. The van der Waals surface area contributed by atoms with Crippen molar-refractivity contribution in [1.29, 1.82) is 0 Å². The van der Waals surface area contributed by atoms with Gasteiger partial charge in [0.2, 0.25) is 5.95 Å². The van der Waals surface area contributed by atoms with E-state index in [4.69, 9.17) is 5.73 Å². The number of nitrogens with zero attached hydrogens (tertiary/aromatic N) is 4. The molecule has 4 N–H and O–H groups in total. The molecule has 1 atom stereocenters. The normalized spacial score (nSPS) is 17.5. The Bertz CT molecular complexity index is 922. The maximum absolute atomic E-state index is 11.2. The third-order valence-corrected chi connectivity index (χ3v) is 4.38. The van der Waals surface area contributed by atoms with Crippen LogP contribution in [0.1, 0.15) is 6.42 Å². The number of hydrogen-bond acceptors (Lipinski definition) is 6. The second-order valence-corrected chi connectivity index (χ2v) is 5.83. The van der Waals surface area contributed by atoms with Gasteiger partial charge in [-0.15, -0.1) is 0 Å². The van der Waals surface area contributed by atoms with E-state index in [-0.39, 0.29) is 11.9 Å². The van der Waals surface area contributed by atoms with Gasteiger partial charge in [0.1, 0.15) is 5.65 Å². The number of pyridine rings is 1. The fourth-order valence-corrected chi connectivity index (χ4v) is 3.21. The monoisotopic (exact) mass is 324 g/mol. The van der Waals surface area contributed by atoms with Crippen molar-refractivity contribution < 1.29 is 9.90 Å². The zero-order valence-electron chi connectivity index (χ0n) is 12.8. The highest BCUT2D eigenvalue weighted by molar-refractivity contribution is 6.02. The molecule has 4 rings (SSSR count). The van der Waals surface area contributed by atoms with Crippen LogP contribution in [0.4, 0.5) is 11.6 Å². The maximum Gasteiger partial charge on any atom is 0.308 e. The summed E-state index contributed by atoms with van der Waals surface area (Å²) in [5, 5.41) is 10.2. The summed E-state index contributed by atoms with van der Waals surface area (Å²) in [5.41, 5.74) is 8.97. The highest BCUT2D eigenvalue weighted by Crippen LogP contribution is 2.36. The molecule has 0 radical (unpaired) electrons. The van der Waals surface area contributed by atoms with E-state index in [2.05, 4.69) is 24.8 Å². The minimum absolute atomic E-state index is 0.208. The van der Waals surface area contributed by atoms with Crippen LogP contribution in [0.2, 0.25) is 0 Å². The van der Waals surface area contributed by atoms with Crippen molar-refractivity contribution in [2.24, 2.45) is 5.92 Å². The predicted octanol–water partition coefficient (Wildman–Crippen LogP) is 1.51. The van der Waals surface area contributed by atoms with Gasteiger partial charge in [-0.3, -0.25) is 4.79 Å². The van der Waals surface area contributed by atoms with Crippen molar-refractivity contribution in [2.75, 3.05) is 23.7 Å². The third kappa shape index (κ3) is 2.32. The van der Waals surface area contributed by atoms with E-state index in [1.807, 2.05) is 12.3 Å². The molecular weight excluding hydrogens is 308 g/mol. The van der Waals surface area contributed by atoms with Crippen molar-refractivity contribution in [3.05, 3.63) is 30.7 Å². The van der Waals surface area contributed by atoms with E-state index < -0.39 is 5.97 Å². The second-order valence-electron chi connectivity index (χ2n) is 5.83. The average molecular weight is 324 g/mol. The maximum atomic E-state index is 11.2. The van der Waals surface area contributed by atoms with Gasteiger partial charge in [-0.2, -0.15) is 0 Å². The van der Waals surface area contributed by atoms with Crippen LogP contribution < -0.4 is 10.6 Å². The highest BCUT2D eigenvalue weighted by Gasteiger charge is 2.29. The Balaban J connectivity index is 1.82. The molecule has 3 aromatic heterocycles. The molecule has 24 heavy (non-hydrogen) atoms. The smallest absolute Gasteiger partial charge is 0.308 e. The number of hydrogen-bond donors (Lipinski definition) is 3. The van der Waals surface area contributed by atoms with Crippen molar-refractivity contribution >= 4 is 28.6 Å². The number of carboxylic acids is 1. The highest BCUT2D eigenvalue weighted by atomic mass is 16.4. The Morgan fingerprint density at radius 1 is 1.33 bits per heavy atom. The molecule has 4 heterocycles. The SMILES string of the molecule is Nc1nccc(-c2c[nH]c3nccc(N4CC[C@@H](C(=O)O)C4)c23)n1. The van der Waals surface area contributed by atoms with Crippen LogP contribution in [0.3, 0.4) is 0 Å². The molecule has 8 heteroatoms. The standard InChI is InChI=1S/C16H16N6O2/c17-16-19-4-1-11(21-16)10-7-20-14-13(10)12(2-5-18-14)22-6-3-9(8-22)15(23)24/h1-2,4-5,7,9H,3,6,8H2,(H,18,20)(H,23,24)(H2,17,19,21)/t9-/m1/s1. The number of carbonyl (C=O) groups is 1. The molecular formula is C16H16N6O2. The first kappa shape index (κ1) is 14.4. The van der Waals surface area contributed by atoms with Gasteiger partial charge in [0.05, 0.1) is 22.7 Å². The summed E-state index contributed by atoms with van der Waals surface area (Å²) < 4.78 is 0. The lowest BCUT2D eigenvalue weighted by Crippen LogP contribution is -2.22. The van der Waals surface area contributed by atoms with Crippen molar-refractivity contribution in [1.82, 2.24) is 19.9 Å². The van der Waals surface area contributed by atoms with E-state index in [1.165, 1.54) is 0 Å². The van der Waals surface area contributed by atoms with Gasteiger partial charge >= 0.3 is 5.97 Å². The van der Waals surface area contributed by atoms with E-state index in [0.29, 0.717) is 25.2 Å². The zero-order chi connectivity index (χ0) is 16.7.